The predicted octanol–water partition coefficient (Wildman–Crippen LogP) is 1.35. The van der Waals surface area contributed by atoms with Gasteiger partial charge in [0.15, 0.2) is 11.4 Å². The van der Waals surface area contributed by atoms with Crippen molar-refractivity contribution >= 4 is 34.8 Å². The molecule has 0 radical (unpaired) electrons. The van der Waals surface area contributed by atoms with E-state index in [0.29, 0.717) is 6.42 Å². The third-order valence-corrected chi connectivity index (χ3v) is 9.56. The molecule has 42 heavy (non-hydrogen) atoms. The Balaban J connectivity index is 1.69. The van der Waals surface area contributed by atoms with E-state index in [0.717, 1.165) is 0 Å². The molecule has 1 aromatic carbocycles. The number of carbonyl (C=O) groups excluding carboxylic acids is 3. The van der Waals surface area contributed by atoms with Crippen LogP contribution < -0.4 is 11.1 Å². The van der Waals surface area contributed by atoms with Gasteiger partial charge in [-0.2, -0.15) is 0 Å². The van der Waals surface area contributed by atoms with Gasteiger partial charge >= 0.3 is 0 Å². The Kier molecular flexibility index (Phi) is 6.99. The molecule has 2 amide bonds. The number of phenols is 1. The van der Waals surface area contributed by atoms with E-state index in [9.17, 15) is 34.8 Å². The Morgan fingerprint density at radius 3 is 2.48 bits per heavy atom. The molecule has 4 aliphatic rings. The molecule has 5 rings (SSSR count). The Morgan fingerprint density at radius 1 is 1.26 bits per heavy atom. The van der Waals surface area contributed by atoms with E-state index in [1.165, 1.54) is 4.90 Å². The summed E-state index contributed by atoms with van der Waals surface area (Å²) in [7, 11) is 4.81. The van der Waals surface area contributed by atoms with E-state index in [4.69, 9.17) is 11.1 Å². The third kappa shape index (κ3) is 3.83. The summed E-state index contributed by atoms with van der Waals surface area (Å²) in [6, 6.07) is -1.70. The highest BCUT2D eigenvalue weighted by atomic mass is 19.1. The zero-order valence-electron chi connectivity index (χ0n) is 24.1. The first-order valence-corrected chi connectivity index (χ1v) is 13.9. The van der Waals surface area contributed by atoms with Crippen LogP contribution in [0.5, 0.6) is 5.75 Å². The molecule has 3 aliphatic carbocycles. The Morgan fingerprint density at radius 2 is 1.90 bits per heavy atom. The highest BCUT2D eigenvalue weighted by Crippen LogP contribution is 2.54. The number of halogens is 1. The molecule has 1 heterocycles. The quantitative estimate of drug-likeness (QED) is 0.255. The molecule has 12 nitrogen and oxygen atoms in total. The fraction of sp³-hybridized carbons (Fsp3) is 0.517. The molecule has 0 bridgehead atoms. The smallest absolute Gasteiger partial charge is 0.254 e. The summed E-state index contributed by atoms with van der Waals surface area (Å²) in [5, 5.41) is 56.7. The number of nitrogens with two attached hydrogens (primary N) is 1. The number of likely N-dealkylation sites (N-methyl/N-ethyl adjacent to an activating group) is 2. The van der Waals surface area contributed by atoms with Gasteiger partial charge in [-0.3, -0.25) is 24.2 Å². The summed E-state index contributed by atoms with van der Waals surface area (Å²) in [5.74, 6) is -7.55. The van der Waals surface area contributed by atoms with Gasteiger partial charge < -0.3 is 36.9 Å². The minimum absolute atomic E-state index is 0.00646. The largest absolute Gasteiger partial charge is 0.510 e. The highest BCUT2D eigenvalue weighted by Gasteiger charge is 2.63. The molecule has 0 saturated heterocycles. The van der Waals surface area contributed by atoms with Gasteiger partial charge in [0, 0.05) is 29.2 Å². The lowest BCUT2D eigenvalue weighted by atomic mass is 9.56. The molecule has 13 heteroatoms. The van der Waals surface area contributed by atoms with E-state index in [2.05, 4.69) is 5.32 Å². The molecule has 1 aromatic rings. The summed E-state index contributed by atoms with van der Waals surface area (Å²) in [5.41, 5.74) is 0.249. The van der Waals surface area contributed by atoms with E-state index >= 15 is 4.39 Å². The summed E-state index contributed by atoms with van der Waals surface area (Å²) in [6.07, 6.45) is 0.453. The summed E-state index contributed by atoms with van der Waals surface area (Å²) in [4.78, 5) is 42.6. The number of nitrogens with one attached hydrogen (secondary N) is 2. The van der Waals surface area contributed by atoms with Gasteiger partial charge in [-0.1, -0.05) is 20.3 Å². The molecule has 0 spiro atoms. The number of carbonyl (C=O) groups is 3. The molecule has 0 aromatic heterocycles. The van der Waals surface area contributed by atoms with Crippen molar-refractivity contribution in [2.45, 2.75) is 57.3 Å². The van der Waals surface area contributed by atoms with Gasteiger partial charge in [-0.15, -0.1) is 0 Å². The maximum absolute atomic E-state index is 16.3. The van der Waals surface area contributed by atoms with Crippen molar-refractivity contribution in [1.82, 2.24) is 9.80 Å². The Bertz CT molecular complexity index is 1520. The number of aliphatic hydroxyl groups excluding tert-OH is 2. The summed E-state index contributed by atoms with van der Waals surface area (Å²) >= 11 is 0. The van der Waals surface area contributed by atoms with Crippen LogP contribution in [0.3, 0.4) is 0 Å². The number of phenolic OH excluding ortho intramolecular Hbond substituents is 1. The van der Waals surface area contributed by atoms with Gasteiger partial charge in [0.1, 0.15) is 22.9 Å². The number of hydrogen-bond donors (Lipinski definition) is 7. The number of ketones is 1. The number of anilines is 1. The van der Waals surface area contributed by atoms with Crippen LogP contribution in [-0.4, -0.2) is 92.4 Å². The van der Waals surface area contributed by atoms with Crippen LogP contribution in [0.1, 0.15) is 43.4 Å². The molecule has 1 saturated carbocycles. The van der Waals surface area contributed by atoms with Crippen LogP contribution in [0.4, 0.5) is 10.1 Å². The second kappa shape index (κ2) is 9.89. The second-order valence-corrected chi connectivity index (χ2v) is 12.1. The van der Waals surface area contributed by atoms with Gasteiger partial charge in [-0.25, -0.2) is 4.39 Å². The standard InChI is InChI=1S/C29H36FN5O7/c1-6-10(2)20-28(41)33-19-13(9-35(20)5)18(30)12-7-11-8-14-21(34(3)4)24(38)17(27(32)40)25(31)29(14,42)26(39)15(11)22(36)16(12)23(19)37/h10-11,14,20-21,31,36-38,42H,6-9H2,1-5H3,(H2,32,40)(H,33,41)/t10?,11-,14-,20-,21-,29+/m0/s1. The van der Waals surface area contributed by atoms with Crippen molar-refractivity contribution in [2.24, 2.45) is 23.5 Å². The first-order valence-electron chi connectivity index (χ1n) is 13.9. The minimum Gasteiger partial charge on any atom is -0.510 e. The van der Waals surface area contributed by atoms with E-state index in [1.54, 1.807) is 26.0 Å². The van der Waals surface area contributed by atoms with Crippen LogP contribution >= 0.6 is 0 Å². The number of aromatic hydroxyl groups is 1. The first kappa shape index (κ1) is 29.7. The van der Waals surface area contributed by atoms with E-state index < -0.39 is 81.5 Å². The van der Waals surface area contributed by atoms with Gasteiger partial charge in [0.2, 0.25) is 11.7 Å². The monoisotopic (exact) mass is 585 g/mol. The minimum atomic E-state index is -2.65. The molecular formula is C29H36FN5O7. The van der Waals surface area contributed by atoms with Crippen LogP contribution in [0.15, 0.2) is 16.9 Å². The molecule has 8 N–H and O–H groups in total. The number of benzene rings is 1. The number of hydrogen-bond acceptors (Lipinski definition) is 10. The van der Waals surface area contributed by atoms with Gasteiger partial charge in [0.25, 0.3) is 5.91 Å². The number of nitrogens with zero attached hydrogens (tertiary/aromatic N) is 2. The first-order chi connectivity index (χ1) is 19.6. The molecule has 1 aliphatic heterocycles. The van der Waals surface area contributed by atoms with Crippen molar-refractivity contribution in [1.29, 1.82) is 5.41 Å². The SMILES string of the molecule is CCC(C)[C@H]1C(=O)Nc2c(O)c3c(c(F)c2CN1C)C[C@H]1C[C@H]2[C@H](N(C)C)C(O)=C(C(N)=O)C(=N)[C@@]2(O)C(=O)C1=C3O. The topological polar surface area (TPSA) is 201 Å². The number of aliphatic hydroxyl groups is 3. The Hall–Kier alpha value is -3.81. The third-order valence-electron chi connectivity index (χ3n) is 9.56. The zero-order valence-corrected chi connectivity index (χ0v) is 24.1. The number of fused-ring (bicyclic) bond motifs is 4. The van der Waals surface area contributed by atoms with Crippen molar-refractivity contribution in [3.8, 4) is 5.75 Å². The number of rotatable bonds is 4. The van der Waals surface area contributed by atoms with E-state index in [1.807, 2.05) is 13.8 Å². The van der Waals surface area contributed by atoms with Crippen molar-refractivity contribution in [3.05, 3.63) is 39.4 Å². The predicted molar refractivity (Wildman–Crippen MR) is 150 cm³/mol. The maximum Gasteiger partial charge on any atom is 0.254 e. The average Bonchev–Trinajstić information content (AvgIpc) is 3.03. The van der Waals surface area contributed by atoms with Crippen LogP contribution in [0.25, 0.3) is 5.76 Å². The molecule has 226 valence electrons. The van der Waals surface area contributed by atoms with Gasteiger partial charge in [-0.05, 0) is 45.8 Å². The van der Waals surface area contributed by atoms with E-state index in [-0.39, 0.29) is 53.3 Å². The van der Waals surface area contributed by atoms with Gasteiger partial charge in [0.05, 0.1) is 29.0 Å². The number of amides is 2. The lowest BCUT2D eigenvalue weighted by Crippen LogP contribution is -2.67. The normalized spacial score (nSPS) is 30.3. The molecule has 1 unspecified atom stereocenters. The van der Waals surface area contributed by atoms with Crippen molar-refractivity contribution in [3.63, 3.8) is 0 Å². The summed E-state index contributed by atoms with van der Waals surface area (Å²) < 4.78 is 16.3. The van der Waals surface area contributed by atoms with Crippen LogP contribution in [0, 0.1) is 29.0 Å². The van der Waals surface area contributed by atoms with Crippen molar-refractivity contribution in [2.75, 3.05) is 26.5 Å². The lowest BCUT2D eigenvalue weighted by molar-refractivity contribution is -0.138. The average molecular weight is 586 g/mol. The fourth-order valence-corrected chi connectivity index (χ4v) is 7.39. The van der Waals surface area contributed by atoms with Crippen LogP contribution in [-0.2, 0) is 27.3 Å². The van der Waals surface area contributed by atoms with Crippen LogP contribution in [0.2, 0.25) is 0 Å². The molecule has 1 fully saturated rings. The number of Topliss-reactive ketones (excluding diaryl/α,β-unsaturated/α-hetero) is 1. The lowest BCUT2D eigenvalue weighted by Gasteiger charge is -2.51. The fourth-order valence-electron chi connectivity index (χ4n) is 7.39. The number of primary amides is 1. The maximum atomic E-state index is 16.3. The highest BCUT2D eigenvalue weighted by molar-refractivity contribution is 6.34. The summed E-state index contributed by atoms with van der Waals surface area (Å²) in [6.45, 7) is 3.81. The Labute approximate surface area is 241 Å². The zero-order chi connectivity index (χ0) is 31.2. The van der Waals surface area contributed by atoms with Crippen molar-refractivity contribution < 1.29 is 39.2 Å². The molecular weight excluding hydrogens is 549 g/mol. The second-order valence-electron chi connectivity index (χ2n) is 12.1. The molecule has 6 atom stereocenters.